The van der Waals surface area contributed by atoms with Gasteiger partial charge < -0.3 is 5.11 Å². The summed E-state index contributed by atoms with van der Waals surface area (Å²) >= 11 is 1.50. The molecule has 0 saturated heterocycles. The number of aliphatic carboxylic acids is 1. The van der Waals surface area contributed by atoms with E-state index in [0.29, 0.717) is 13.0 Å². The van der Waals surface area contributed by atoms with Crippen LogP contribution in [0.3, 0.4) is 0 Å². The molecule has 0 fully saturated rings. The van der Waals surface area contributed by atoms with E-state index in [1.54, 1.807) is 17.1 Å². The first-order valence-electron chi connectivity index (χ1n) is 4.77. The van der Waals surface area contributed by atoms with Crippen molar-refractivity contribution in [3.8, 4) is 10.7 Å². The fraction of sp³-hybridized carbons (Fsp3) is 0.333. The molecule has 0 amide bonds. The predicted octanol–water partition coefficient (Wildman–Crippen LogP) is 1.27. The minimum absolute atomic E-state index is 0.145. The van der Waals surface area contributed by atoms with E-state index in [9.17, 15) is 4.79 Å². The number of aryl methyl sites for hydroxylation is 1. The predicted molar refractivity (Wildman–Crippen MR) is 58.0 cm³/mol. The first kappa shape index (κ1) is 10.7. The second-order valence-corrected chi connectivity index (χ2v) is 4.10. The molecule has 1 N–H and O–H groups in total. The second-order valence-electron chi connectivity index (χ2n) is 3.20. The number of carbonyl (C=O) groups is 1. The lowest BCUT2D eigenvalue weighted by Crippen LogP contribution is -2.02. The third kappa shape index (κ3) is 2.63. The molecule has 2 rings (SSSR count). The van der Waals surface area contributed by atoms with Crippen LogP contribution in [0.5, 0.6) is 0 Å². The van der Waals surface area contributed by atoms with Crippen LogP contribution in [0.15, 0.2) is 17.8 Å². The van der Waals surface area contributed by atoms with Gasteiger partial charge in [0.25, 0.3) is 0 Å². The van der Waals surface area contributed by atoms with Gasteiger partial charge in [0.15, 0.2) is 0 Å². The van der Waals surface area contributed by atoms with Gasteiger partial charge in [-0.15, -0.1) is 16.4 Å². The Morgan fingerprint density at radius 1 is 1.56 bits per heavy atom. The summed E-state index contributed by atoms with van der Waals surface area (Å²) < 4.78 is 1.64. The molecule has 6 nitrogen and oxygen atoms in total. The maximum atomic E-state index is 10.3. The first-order chi connectivity index (χ1) is 7.75. The molecule has 0 aliphatic carbocycles. The molecule has 2 aromatic rings. The van der Waals surface area contributed by atoms with Gasteiger partial charge in [-0.1, -0.05) is 5.21 Å². The van der Waals surface area contributed by atoms with Crippen LogP contribution in [-0.2, 0) is 11.3 Å². The lowest BCUT2D eigenvalue weighted by atomic mass is 10.3. The molecule has 84 valence electrons. The third-order valence-electron chi connectivity index (χ3n) is 1.97. The smallest absolute Gasteiger partial charge is 0.303 e. The zero-order valence-electron chi connectivity index (χ0n) is 8.41. The van der Waals surface area contributed by atoms with Crippen molar-refractivity contribution in [3.63, 3.8) is 0 Å². The van der Waals surface area contributed by atoms with E-state index in [-0.39, 0.29) is 6.42 Å². The number of carboxylic acid groups (broad SMARTS) is 1. The summed E-state index contributed by atoms with van der Waals surface area (Å²) in [6.07, 6.45) is 4.19. The number of hydrogen-bond donors (Lipinski definition) is 1. The maximum absolute atomic E-state index is 10.3. The number of nitrogens with zero attached hydrogens (tertiary/aromatic N) is 4. The third-order valence-corrected chi connectivity index (χ3v) is 2.76. The molecule has 0 atom stereocenters. The van der Waals surface area contributed by atoms with Crippen molar-refractivity contribution in [1.82, 2.24) is 20.0 Å². The van der Waals surface area contributed by atoms with Crippen molar-refractivity contribution >= 4 is 17.3 Å². The summed E-state index contributed by atoms with van der Waals surface area (Å²) in [6, 6.07) is 0. The van der Waals surface area contributed by atoms with Crippen molar-refractivity contribution in [2.45, 2.75) is 19.4 Å². The monoisotopic (exact) mass is 238 g/mol. The van der Waals surface area contributed by atoms with E-state index in [2.05, 4.69) is 15.3 Å². The van der Waals surface area contributed by atoms with Crippen LogP contribution in [0.4, 0.5) is 0 Å². The van der Waals surface area contributed by atoms with Crippen LogP contribution < -0.4 is 0 Å². The quantitative estimate of drug-likeness (QED) is 0.848. The molecule has 7 heteroatoms. The largest absolute Gasteiger partial charge is 0.481 e. The van der Waals surface area contributed by atoms with Gasteiger partial charge in [-0.3, -0.25) is 9.48 Å². The van der Waals surface area contributed by atoms with Gasteiger partial charge in [0.05, 0.1) is 6.20 Å². The van der Waals surface area contributed by atoms with Crippen LogP contribution in [0.1, 0.15) is 12.8 Å². The maximum Gasteiger partial charge on any atom is 0.303 e. The van der Waals surface area contributed by atoms with Crippen molar-refractivity contribution in [2.75, 3.05) is 0 Å². The highest BCUT2D eigenvalue weighted by molar-refractivity contribution is 7.13. The SMILES string of the molecule is O=C(O)CCCn1cc(-c2nccs2)nn1. The number of hydrogen-bond acceptors (Lipinski definition) is 5. The van der Waals surface area contributed by atoms with Crippen LogP contribution in [-0.4, -0.2) is 31.1 Å². The highest BCUT2D eigenvalue weighted by Crippen LogP contribution is 2.18. The Morgan fingerprint density at radius 3 is 3.12 bits per heavy atom. The first-order valence-corrected chi connectivity index (χ1v) is 5.65. The normalized spacial score (nSPS) is 10.5. The van der Waals surface area contributed by atoms with E-state index >= 15 is 0 Å². The summed E-state index contributed by atoms with van der Waals surface area (Å²) in [5.41, 5.74) is 0.727. The standard InChI is InChI=1S/C9H10N4O2S/c14-8(15)2-1-4-13-6-7(11-12-13)9-10-3-5-16-9/h3,5-6H,1-2,4H2,(H,14,15). The van der Waals surface area contributed by atoms with Gasteiger partial charge in [0.1, 0.15) is 10.7 Å². The minimum atomic E-state index is -0.791. The summed E-state index contributed by atoms with van der Waals surface area (Å²) in [7, 11) is 0. The van der Waals surface area contributed by atoms with Crippen LogP contribution in [0.2, 0.25) is 0 Å². The van der Waals surface area contributed by atoms with Gasteiger partial charge in [-0.25, -0.2) is 4.98 Å². The summed E-state index contributed by atoms with van der Waals surface area (Å²) in [6.45, 7) is 0.560. The molecule has 0 unspecified atom stereocenters. The highest BCUT2D eigenvalue weighted by Gasteiger charge is 2.06. The minimum Gasteiger partial charge on any atom is -0.481 e. The molecule has 0 radical (unpaired) electrons. The number of thiazole rings is 1. The summed E-state index contributed by atoms with van der Waals surface area (Å²) in [5.74, 6) is -0.791. The van der Waals surface area contributed by atoms with Crippen LogP contribution in [0, 0.1) is 0 Å². The Morgan fingerprint density at radius 2 is 2.44 bits per heavy atom. The fourth-order valence-corrected chi connectivity index (χ4v) is 1.83. The Hall–Kier alpha value is -1.76. The number of carboxylic acids is 1. The van der Waals surface area contributed by atoms with Gasteiger partial charge >= 0.3 is 5.97 Å². The summed E-state index contributed by atoms with van der Waals surface area (Å²) in [5, 5.41) is 19.1. The molecule has 0 aliphatic rings. The molecule has 2 heterocycles. The molecular weight excluding hydrogens is 228 g/mol. The molecule has 16 heavy (non-hydrogen) atoms. The van der Waals surface area contributed by atoms with E-state index in [1.165, 1.54) is 11.3 Å². The summed E-state index contributed by atoms with van der Waals surface area (Å²) in [4.78, 5) is 14.4. The topological polar surface area (TPSA) is 80.9 Å². The van der Waals surface area contributed by atoms with Crippen molar-refractivity contribution < 1.29 is 9.90 Å². The van der Waals surface area contributed by atoms with Gasteiger partial charge in [-0.2, -0.15) is 0 Å². The highest BCUT2D eigenvalue weighted by atomic mass is 32.1. The van der Waals surface area contributed by atoms with Crippen molar-refractivity contribution in [3.05, 3.63) is 17.8 Å². The van der Waals surface area contributed by atoms with Crippen molar-refractivity contribution in [1.29, 1.82) is 0 Å². The van der Waals surface area contributed by atoms with E-state index in [0.717, 1.165) is 10.7 Å². The molecule has 0 aliphatic heterocycles. The Balaban J connectivity index is 1.95. The Labute approximate surface area is 95.6 Å². The lowest BCUT2D eigenvalue weighted by molar-refractivity contribution is -0.137. The van der Waals surface area contributed by atoms with Crippen LogP contribution >= 0.6 is 11.3 Å². The zero-order valence-corrected chi connectivity index (χ0v) is 9.22. The number of rotatable bonds is 5. The average molecular weight is 238 g/mol. The van der Waals surface area contributed by atoms with Gasteiger partial charge in [0.2, 0.25) is 0 Å². The Kier molecular flexibility index (Phi) is 3.25. The van der Waals surface area contributed by atoms with Crippen LogP contribution in [0.25, 0.3) is 10.7 Å². The molecule has 0 bridgehead atoms. The fourth-order valence-electron chi connectivity index (χ4n) is 1.25. The Bertz CT molecular complexity index is 466. The number of aromatic nitrogens is 4. The van der Waals surface area contributed by atoms with E-state index in [1.807, 2.05) is 5.38 Å². The van der Waals surface area contributed by atoms with Gasteiger partial charge in [0, 0.05) is 24.5 Å². The molecular formula is C9H10N4O2S. The molecule has 0 saturated carbocycles. The van der Waals surface area contributed by atoms with Gasteiger partial charge in [-0.05, 0) is 6.42 Å². The molecule has 0 aromatic carbocycles. The molecule has 0 spiro atoms. The second kappa shape index (κ2) is 4.84. The van der Waals surface area contributed by atoms with E-state index in [4.69, 9.17) is 5.11 Å². The van der Waals surface area contributed by atoms with E-state index < -0.39 is 5.97 Å². The molecule has 2 aromatic heterocycles. The average Bonchev–Trinajstić information content (AvgIpc) is 2.85. The zero-order chi connectivity index (χ0) is 11.4. The lowest BCUT2D eigenvalue weighted by Gasteiger charge is -1.96. The van der Waals surface area contributed by atoms with Crippen molar-refractivity contribution in [2.24, 2.45) is 0 Å².